The lowest BCUT2D eigenvalue weighted by Gasteiger charge is -2.34. The average Bonchev–Trinajstić information content (AvgIpc) is 2.89. The first-order valence-electron chi connectivity index (χ1n) is 7.30. The van der Waals surface area contributed by atoms with Crippen molar-refractivity contribution in [3.8, 4) is 0 Å². The van der Waals surface area contributed by atoms with Crippen molar-refractivity contribution in [3.05, 3.63) is 5.82 Å². The van der Waals surface area contributed by atoms with E-state index < -0.39 is 12.1 Å². The third-order valence-corrected chi connectivity index (χ3v) is 5.12. The number of hydrogen-bond acceptors (Lipinski definition) is 6. The first kappa shape index (κ1) is 16.3. The number of anilines is 1. The summed E-state index contributed by atoms with van der Waals surface area (Å²) in [5.74, 6) is -1.09. The Morgan fingerprint density at radius 3 is 2.65 bits per heavy atom. The van der Waals surface area contributed by atoms with Gasteiger partial charge in [0, 0.05) is 5.92 Å². The predicted octanol–water partition coefficient (Wildman–Crippen LogP) is 2.91. The van der Waals surface area contributed by atoms with Crippen LogP contribution in [0.25, 0.3) is 5.65 Å². The number of fused-ring (bicyclic) bond motifs is 1. The van der Waals surface area contributed by atoms with E-state index in [4.69, 9.17) is 5.73 Å². The van der Waals surface area contributed by atoms with Crippen LogP contribution in [0.15, 0.2) is 5.03 Å². The summed E-state index contributed by atoms with van der Waals surface area (Å²) >= 11 is 1.34. The maximum absolute atomic E-state index is 13.1. The maximum atomic E-state index is 13.1. The molecule has 1 aliphatic carbocycles. The second-order valence-electron chi connectivity index (χ2n) is 5.91. The SMILES string of the molecule is CSc1nc(N)nn2c(C3CC(C(F)(F)F)CCC3C)nnc12. The highest BCUT2D eigenvalue weighted by atomic mass is 32.2. The van der Waals surface area contributed by atoms with Crippen LogP contribution in [0.2, 0.25) is 0 Å². The normalized spacial score (nSPS) is 25.9. The number of nitrogens with zero attached hydrogens (tertiary/aromatic N) is 5. The summed E-state index contributed by atoms with van der Waals surface area (Å²) in [5.41, 5.74) is 6.13. The minimum Gasteiger partial charge on any atom is -0.367 e. The molecule has 3 atom stereocenters. The molecule has 1 fully saturated rings. The fourth-order valence-corrected chi connectivity index (χ4v) is 3.64. The number of halogens is 3. The summed E-state index contributed by atoms with van der Waals surface area (Å²) < 4.78 is 40.7. The molecule has 2 aromatic heterocycles. The van der Waals surface area contributed by atoms with E-state index in [0.717, 1.165) is 0 Å². The number of alkyl halides is 3. The van der Waals surface area contributed by atoms with Crippen molar-refractivity contribution in [1.29, 1.82) is 0 Å². The fourth-order valence-electron chi connectivity index (χ4n) is 3.15. The molecule has 2 N–H and O–H groups in total. The highest BCUT2D eigenvalue weighted by molar-refractivity contribution is 7.98. The highest BCUT2D eigenvalue weighted by Gasteiger charge is 2.45. The van der Waals surface area contributed by atoms with Crippen molar-refractivity contribution in [2.45, 2.75) is 43.3 Å². The van der Waals surface area contributed by atoms with Gasteiger partial charge in [0.2, 0.25) is 11.6 Å². The van der Waals surface area contributed by atoms with Crippen LogP contribution in [0.4, 0.5) is 19.1 Å². The molecule has 2 aromatic rings. The van der Waals surface area contributed by atoms with Gasteiger partial charge < -0.3 is 5.73 Å². The lowest BCUT2D eigenvalue weighted by molar-refractivity contribution is -0.185. The highest BCUT2D eigenvalue weighted by Crippen LogP contribution is 2.46. The van der Waals surface area contributed by atoms with Crippen molar-refractivity contribution in [3.63, 3.8) is 0 Å². The predicted molar refractivity (Wildman–Crippen MR) is 80.1 cm³/mol. The van der Waals surface area contributed by atoms with Crippen molar-refractivity contribution < 1.29 is 13.2 Å². The van der Waals surface area contributed by atoms with Gasteiger partial charge in [-0.2, -0.15) is 17.7 Å². The van der Waals surface area contributed by atoms with E-state index in [2.05, 4.69) is 20.3 Å². The number of nitrogens with two attached hydrogens (primary N) is 1. The summed E-state index contributed by atoms with van der Waals surface area (Å²) in [6, 6.07) is 0. The van der Waals surface area contributed by atoms with E-state index in [1.165, 1.54) is 16.3 Å². The number of aromatic nitrogens is 5. The number of thioether (sulfide) groups is 1. The molecular weight excluding hydrogens is 329 g/mol. The fraction of sp³-hybridized carbons (Fsp3) is 0.692. The Bertz CT molecular complexity index is 716. The number of rotatable bonds is 2. The van der Waals surface area contributed by atoms with Crippen LogP contribution in [0, 0.1) is 11.8 Å². The summed E-state index contributed by atoms with van der Waals surface area (Å²) in [7, 11) is 0. The van der Waals surface area contributed by atoms with Crippen molar-refractivity contribution >= 4 is 23.4 Å². The molecule has 1 saturated carbocycles. The minimum atomic E-state index is -4.18. The zero-order valence-electron chi connectivity index (χ0n) is 12.7. The average molecular weight is 346 g/mol. The molecule has 23 heavy (non-hydrogen) atoms. The number of nitrogen functional groups attached to an aromatic ring is 1. The van der Waals surface area contributed by atoms with E-state index in [1.54, 1.807) is 0 Å². The monoisotopic (exact) mass is 346 g/mol. The van der Waals surface area contributed by atoms with Crippen LogP contribution < -0.4 is 5.73 Å². The first-order chi connectivity index (χ1) is 10.8. The molecule has 0 radical (unpaired) electrons. The van der Waals surface area contributed by atoms with Crippen molar-refractivity contribution in [2.75, 3.05) is 12.0 Å². The zero-order valence-corrected chi connectivity index (χ0v) is 13.5. The van der Waals surface area contributed by atoms with Gasteiger partial charge in [-0.15, -0.1) is 27.1 Å². The first-order valence-corrected chi connectivity index (χ1v) is 8.53. The van der Waals surface area contributed by atoms with Crippen LogP contribution in [0.1, 0.15) is 37.9 Å². The lowest BCUT2D eigenvalue weighted by atomic mass is 9.74. The molecule has 3 unspecified atom stereocenters. The second kappa shape index (κ2) is 5.81. The molecule has 6 nitrogen and oxygen atoms in total. The Morgan fingerprint density at radius 2 is 2.00 bits per heavy atom. The van der Waals surface area contributed by atoms with Gasteiger partial charge in [0.05, 0.1) is 5.92 Å². The summed E-state index contributed by atoms with van der Waals surface area (Å²) in [5, 5.41) is 12.8. The Kier molecular flexibility index (Phi) is 4.11. The molecule has 0 bridgehead atoms. The van der Waals surface area contributed by atoms with E-state index in [1.807, 2.05) is 13.2 Å². The molecule has 0 aromatic carbocycles. The Balaban J connectivity index is 2.03. The standard InChI is InChI=1S/C13H17F3N6S/c1-6-3-4-7(13(14,15)16)5-8(6)9-19-20-10-11(23-2)18-12(17)21-22(9)10/h6-8H,3-5H2,1-2H3,(H2,17,21). The minimum absolute atomic E-state index is 0.00394. The van der Waals surface area contributed by atoms with Crippen LogP contribution in [-0.4, -0.2) is 37.2 Å². The molecule has 0 aliphatic heterocycles. The van der Waals surface area contributed by atoms with Gasteiger partial charge in [-0.3, -0.25) is 0 Å². The van der Waals surface area contributed by atoms with Crippen LogP contribution in [0.5, 0.6) is 0 Å². The third kappa shape index (κ3) is 2.96. The van der Waals surface area contributed by atoms with Gasteiger partial charge in [-0.25, -0.2) is 4.98 Å². The molecule has 1 aliphatic rings. The van der Waals surface area contributed by atoms with Crippen molar-refractivity contribution in [2.24, 2.45) is 11.8 Å². The molecule has 0 amide bonds. The van der Waals surface area contributed by atoms with Gasteiger partial charge >= 0.3 is 6.18 Å². The zero-order chi connectivity index (χ0) is 16.8. The van der Waals surface area contributed by atoms with Gasteiger partial charge in [0.15, 0.2) is 5.82 Å². The molecule has 10 heteroatoms. The molecule has 126 valence electrons. The quantitative estimate of drug-likeness (QED) is 0.842. The summed E-state index contributed by atoms with van der Waals surface area (Å²) in [6.07, 6.45) is -1.70. The maximum Gasteiger partial charge on any atom is 0.391 e. The topological polar surface area (TPSA) is 82.0 Å². The summed E-state index contributed by atoms with van der Waals surface area (Å²) in [6.45, 7) is 1.94. The van der Waals surface area contributed by atoms with E-state index in [0.29, 0.717) is 22.9 Å². The Hall–Kier alpha value is -1.58. The van der Waals surface area contributed by atoms with E-state index in [-0.39, 0.29) is 30.6 Å². The molecule has 3 rings (SSSR count). The van der Waals surface area contributed by atoms with Gasteiger partial charge in [-0.05, 0) is 31.4 Å². The van der Waals surface area contributed by atoms with Gasteiger partial charge in [-0.1, -0.05) is 6.92 Å². The third-order valence-electron chi connectivity index (χ3n) is 4.46. The van der Waals surface area contributed by atoms with Gasteiger partial charge in [0.1, 0.15) is 5.03 Å². The second-order valence-corrected chi connectivity index (χ2v) is 6.70. The molecule has 0 spiro atoms. The van der Waals surface area contributed by atoms with Gasteiger partial charge in [0.25, 0.3) is 0 Å². The largest absolute Gasteiger partial charge is 0.391 e. The van der Waals surface area contributed by atoms with Crippen LogP contribution in [0.3, 0.4) is 0 Å². The Morgan fingerprint density at radius 1 is 1.26 bits per heavy atom. The van der Waals surface area contributed by atoms with E-state index in [9.17, 15) is 13.2 Å². The molecular formula is C13H17F3N6S. The smallest absolute Gasteiger partial charge is 0.367 e. The van der Waals surface area contributed by atoms with E-state index >= 15 is 0 Å². The number of hydrogen-bond donors (Lipinski definition) is 1. The van der Waals surface area contributed by atoms with Crippen LogP contribution >= 0.6 is 11.8 Å². The van der Waals surface area contributed by atoms with Crippen LogP contribution in [-0.2, 0) is 0 Å². The lowest BCUT2D eigenvalue weighted by Crippen LogP contribution is -2.32. The molecule has 0 saturated heterocycles. The Labute approximate surface area is 135 Å². The molecule has 2 heterocycles. The van der Waals surface area contributed by atoms with Crippen molar-refractivity contribution in [1.82, 2.24) is 24.8 Å². The summed E-state index contributed by atoms with van der Waals surface area (Å²) in [4.78, 5) is 4.08.